The molecule has 1 amide bonds. The number of nitrogens with zero attached hydrogens (tertiary/aromatic N) is 3. The quantitative estimate of drug-likeness (QED) is 0.513. The van der Waals surface area contributed by atoms with Crippen LogP contribution in [0.5, 0.6) is 0 Å². The Morgan fingerprint density at radius 2 is 2.19 bits per heavy atom. The van der Waals surface area contributed by atoms with Gasteiger partial charge >= 0.3 is 5.97 Å². The number of amides is 1. The zero-order valence-corrected chi connectivity index (χ0v) is 14.0. The van der Waals surface area contributed by atoms with Crippen molar-refractivity contribution >= 4 is 23.4 Å². The maximum Gasteiger partial charge on any atom is 0.338 e. The second-order valence-corrected chi connectivity index (χ2v) is 5.99. The average Bonchev–Trinajstić information content (AvgIpc) is 3.38. The summed E-state index contributed by atoms with van der Waals surface area (Å²) in [6, 6.07) is 4.23. The lowest BCUT2D eigenvalue weighted by Gasteiger charge is -2.32. The van der Waals surface area contributed by atoms with Crippen molar-refractivity contribution in [2.24, 2.45) is 5.73 Å². The molecule has 4 rings (SSSR count). The van der Waals surface area contributed by atoms with E-state index in [1.54, 1.807) is 29.4 Å². The molecule has 0 spiro atoms. The third-order valence-electron chi connectivity index (χ3n) is 4.34. The number of carboxylic acid groups (broad SMARTS) is 1. The van der Waals surface area contributed by atoms with Crippen LogP contribution in [0.3, 0.4) is 0 Å². The summed E-state index contributed by atoms with van der Waals surface area (Å²) in [5.74, 6) is -0.287. The van der Waals surface area contributed by atoms with Gasteiger partial charge in [-0.1, -0.05) is 0 Å². The number of rotatable bonds is 6. The number of hydrogen-bond acceptors (Lipinski definition) is 7. The minimum Gasteiger partial charge on any atom is -0.478 e. The summed E-state index contributed by atoms with van der Waals surface area (Å²) in [4.78, 5) is 36.8. The summed E-state index contributed by atoms with van der Waals surface area (Å²) in [6.45, 7) is 0. The Morgan fingerprint density at radius 1 is 1.33 bits per heavy atom. The molecule has 0 saturated heterocycles. The van der Waals surface area contributed by atoms with Gasteiger partial charge in [-0.2, -0.15) is 0 Å². The van der Waals surface area contributed by atoms with E-state index in [9.17, 15) is 14.7 Å². The van der Waals surface area contributed by atoms with Crippen LogP contribution < -0.4 is 16.0 Å². The van der Waals surface area contributed by atoms with Crippen LogP contribution in [0.1, 0.15) is 40.6 Å². The number of pyridine rings is 1. The molecule has 0 aromatic carbocycles. The number of aromatic carboxylic acids is 1. The predicted molar refractivity (Wildman–Crippen MR) is 93.9 cm³/mol. The molecule has 10 heteroatoms. The van der Waals surface area contributed by atoms with Crippen LogP contribution in [0.4, 0.5) is 11.5 Å². The molecule has 0 bridgehead atoms. The Hall–Kier alpha value is -3.82. The van der Waals surface area contributed by atoms with Crippen molar-refractivity contribution in [1.29, 1.82) is 0 Å². The van der Waals surface area contributed by atoms with E-state index in [2.05, 4.69) is 20.3 Å². The Balaban J connectivity index is 1.90. The maximum absolute atomic E-state index is 11.8. The molecule has 1 aliphatic heterocycles. The van der Waals surface area contributed by atoms with Crippen molar-refractivity contribution < 1.29 is 19.1 Å². The normalized spacial score (nSPS) is 16.6. The highest BCUT2D eigenvalue weighted by molar-refractivity contribution is 5.99. The first-order chi connectivity index (χ1) is 13.1. The van der Waals surface area contributed by atoms with E-state index >= 15 is 0 Å². The monoisotopic (exact) mass is 368 g/mol. The highest BCUT2D eigenvalue weighted by atomic mass is 16.4. The molecule has 10 nitrogen and oxygen atoms in total. The van der Waals surface area contributed by atoms with Gasteiger partial charge in [0.1, 0.15) is 11.6 Å². The second-order valence-electron chi connectivity index (χ2n) is 5.99. The van der Waals surface area contributed by atoms with Gasteiger partial charge in [0, 0.05) is 18.6 Å². The van der Waals surface area contributed by atoms with Gasteiger partial charge in [-0.3, -0.25) is 4.79 Å². The summed E-state index contributed by atoms with van der Waals surface area (Å²) in [5, 5.41) is 12.8. The van der Waals surface area contributed by atoms with E-state index in [0.29, 0.717) is 23.1 Å². The fourth-order valence-corrected chi connectivity index (χ4v) is 3.29. The molecule has 27 heavy (non-hydrogen) atoms. The fourth-order valence-electron chi connectivity index (χ4n) is 3.29. The highest BCUT2D eigenvalue weighted by Crippen LogP contribution is 2.47. The first-order valence-electron chi connectivity index (χ1n) is 8.14. The molecule has 0 aliphatic carbocycles. The Labute approximate surface area is 153 Å². The van der Waals surface area contributed by atoms with Gasteiger partial charge < -0.3 is 30.5 Å². The molecule has 3 aromatic rings. The number of carboxylic acids is 1. The number of nitrogens with one attached hydrogen (secondary N) is 2. The maximum atomic E-state index is 11.8. The van der Waals surface area contributed by atoms with Crippen molar-refractivity contribution in [3.05, 3.63) is 60.2 Å². The zero-order chi connectivity index (χ0) is 19.0. The van der Waals surface area contributed by atoms with Crippen LogP contribution in [-0.4, -0.2) is 31.9 Å². The lowest BCUT2D eigenvalue weighted by molar-refractivity contribution is -0.118. The van der Waals surface area contributed by atoms with E-state index in [4.69, 9.17) is 10.2 Å². The van der Waals surface area contributed by atoms with Gasteiger partial charge in [0.05, 0.1) is 30.0 Å². The first-order valence-corrected chi connectivity index (χ1v) is 8.14. The third-order valence-corrected chi connectivity index (χ3v) is 4.34. The third kappa shape index (κ3) is 2.86. The number of aromatic nitrogens is 3. The molecule has 0 fully saturated rings. The lowest BCUT2D eigenvalue weighted by Crippen LogP contribution is -2.36. The fraction of sp³-hybridized carbons (Fsp3) is 0.176. The number of hydrogen-bond donors (Lipinski definition) is 4. The number of nitrogens with two attached hydrogens (primary N) is 1. The topological polar surface area (TPSA) is 150 Å². The summed E-state index contributed by atoms with van der Waals surface area (Å²) in [5.41, 5.74) is 5.85. The van der Waals surface area contributed by atoms with Gasteiger partial charge in [0.2, 0.25) is 5.91 Å². The number of carbonyl (C=O) groups excluding carboxylic acids is 1. The van der Waals surface area contributed by atoms with Crippen molar-refractivity contribution in [3.63, 3.8) is 0 Å². The number of aromatic amines is 1. The van der Waals surface area contributed by atoms with E-state index in [1.165, 1.54) is 18.5 Å². The number of primary amides is 1. The van der Waals surface area contributed by atoms with E-state index in [1.807, 2.05) is 0 Å². The number of carbonyl (C=O) groups is 2. The molecule has 3 aromatic heterocycles. The Bertz CT molecular complexity index is 969. The van der Waals surface area contributed by atoms with Gasteiger partial charge in [-0.25, -0.2) is 14.8 Å². The van der Waals surface area contributed by atoms with Crippen LogP contribution >= 0.6 is 0 Å². The van der Waals surface area contributed by atoms with Crippen LogP contribution in [0.25, 0.3) is 0 Å². The summed E-state index contributed by atoms with van der Waals surface area (Å²) in [7, 11) is 0. The molecule has 2 atom stereocenters. The van der Waals surface area contributed by atoms with Crippen molar-refractivity contribution in [2.45, 2.75) is 18.6 Å². The highest BCUT2D eigenvalue weighted by Gasteiger charge is 2.42. The molecule has 5 N–H and O–H groups in total. The molecule has 1 aliphatic rings. The SMILES string of the molecule is NC(=O)CC(c1ncc[nH]1)N1c2c(C(=O)O)ccnc2NC1c1ccco1. The molecular weight excluding hydrogens is 352 g/mol. The minimum absolute atomic E-state index is 0.0441. The summed E-state index contributed by atoms with van der Waals surface area (Å²) >= 11 is 0. The van der Waals surface area contributed by atoms with Crippen LogP contribution in [-0.2, 0) is 4.79 Å². The molecule has 0 radical (unpaired) electrons. The molecular formula is C17H16N6O4. The Morgan fingerprint density at radius 3 is 2.81 bits per heavy atom. The van der Waals surface area contributed by atoms with Crippen LogP contribution in [0, 0.1) is 0 Å². The average molecular weight is 368 g/mol. The van der Waals surface area contributed by atoms with Gasteiger partial charge in [-0.05, 0) is 18.2 Å². The summed E-state index contributed by atoms with van der Waals surface area (Å²) < 4.78 is 5.53. The van der Waals surface area contributed by atoms with Crippen molar-refractivity contribution in [1.82, 2.24) is 15.0 Å². The number of imidazole rings is 1. The van der Waals surface area contributed by atoms with E-state index in [-0.39, 0.29) is 12.0 Å². The van der Waals surface area contributed by atoms with Gasteiger partial charge in [0.25, 0.3) is 0 Å². The number of fused-ring (bicyclic) bond motifs is 1. The molecule has 0 saturated carbocycles. The van der Waals surface area contributed by atoms with Gasteiger partial charge in [-0.15, -0.1) is 0 Å². The Kier molecular flexibility index (Phi) is 3.99. The van der Waals surface area contributed by atoms with Crippen LogP contribution in [0.15, 0.2) is 47.5 Å². The molecule has 138 valence electrons. The number of anilines is 2. The number of furan rings is 1. The summed E-state index contributed by atoms with van der Waals surface area (Å²) in [6.07, 6.45) is 5.43. The number of H-pyrrole nitrogens is 1. The van der Waals surface area contributed by atoms with Crippen LogP contribution in [0.2, 0.25) is 0 Å². The van der Waals surface area contributed by atoms with Gasteiger partial charge in [0.15, 0.2) is 12.0 Å². The predicted octanol–water partition coefficient (Wildman–Crippen LogP) is 1.64. The van der Waals surface area contributed by atoms with Crippen molar-refractivity contribution in [2.75, 3.05) is 10.2 Å². The largest absolute Gasteiger partial charge is 0.478 e. The van der Waals surface area contributed by atoms with E-state index < -0.39 is 24.1 Å². The minimum atomic E-state index is -1.11. The first kappa shape index (κ1) is 16.6. The standard InChI is InChI=1S/C17H16N6O4/c18-12(24)8-10(14-20-5-6-21-14)23-13-9(17(25)26)3-4-19-15(13)22-16(23)11-2-1-7-27-11/h1-7,10,16H,8H2,(H2,18,24)(H,19,22)(H,20,21)(H,25,26). The van der Waals surface area contributed by atoms with E-state index in [0.717, 1.165) is 0 Å². The lowest BCUT2D eigenvalue weighted by atomic mass is 10.1. The smallest absolute Gasteiger partial charge is 0.338 e. The molecule has 4 heterocycles. The zero-order valence-electron chi connectivity index (χ0n) is 14.0. The molecule has 2 unspecified atom stereocenters. The second kappa shape index (κ2) is 6.48. The van der Waals surface area contributed by atoms with Crippen molar-refractivity contribution in [3.8, 4) is 0 Å².